The number of hydrogen-bond donors (Lipinski definition) is 3. The minimum atomic E-state index is -0.0233. The Hall–Kier alpha value is -1.62. The van der Waals surface area contributed by atoms with Crippen LogP contribution in [0.3, 0.4) is 0 Å². The molecule has 1 heterocycles. The van der Waals surface area contributed by atoms with E-state index in [0.717, 1.165) is 25.0 Å². The summed E-state index contributed by atoms with van der Waals surface area (Å²) >= 11 is 0. The number of nitrogen functional groups attached to an aromatic ring is 1. The fraction of sp³-hybridized carbons (Fsp3) is 0.600. The summed E-state index contributed by atoms with van der Waals surface area (Å²) in [5, 5.41) is 3.09. The van der Waals surface area contributed by atoms with Crippen molar-refractivity contribution in [3.8, 4) is 0 Å². The predicted octanol–water partition coefficient (Wildman–Crippen LogP) is 2.24. The Kier molecular flexibility index (Phi) is 4.95. The van der Waals surface area contributed by atoms with E-state index in [-0.39, 0.29) is 5.91 Å². The second-order valence-electron chi connectivity index (χ2n) is 5.49. The van der Waals surface area contributed by atoms with Crippen LogP contribution in [0, 0.1) is 5.92 Å². The van der Waals surface area contributed by atoms with Gasteiger partial charge in [-0.25, -0.2) is 10.8 Å². The fourth-order valence-electron chi connectivity index (χ4n) is 2.54. The normalized spacial score (nSPS) is 20.6. The molecule has 2 unspecified atom stereocenters. The van der Waals surface area contributed by atoms with Crippen molar-refractivity contribution in [1.29, 1.82) is 0 Å². The quantitative estimate of drug-likeness (QED) is 0.527. The maximum Gasteiger partial charge on any atom is 0.251 e. The SMILES string of the molecule is CCCc1cc(C(=O)NC2CC2CCC)cc(NN)n1. The van der Waals surface area contributed by atoms with E-state index in [0.29, 0.717) is 23.3 Å². The second-order valence-corrected chi connectivity index (χ2v) is 5.49. The molecule has 0 aromatic carbocycles. The number of hydrazine groups is 1. The lowest BCUT2D eigenvalue weighted by atomic mass is 10.1. The summed E-state index contributed by atoms with van der Waals surface area (Å²) in [7, 11) is 0. The van der Waals surface area contributed by atoms with Gasteiger partial charge in [0, 0.05) is 17.3 Å². The number of nitrogens with zero attached hydrogens (tertiary/aromatic N) is 1. The monoisotopic (exact) mass is 276 g/mol. The molecule has 2 rings (SSSR count). The molecule has 5 nitrogen and oxygen atoms in total. The lowest BCUT2D eigenvalue weighted by molar-refractivity contribution is 0.0948. The van der Waals surface area contributed by atoms with Gasteiger partial charge in [-0.15, -0.1) is 0 Å². The van der Waals surface area contributed by atoms with Crippen molar-refractivity contribution in [1.82, 2.24) is 10.3 Å². The first kappa shape index (κ1) is 14.8. The zero-order chi connectivity index (χ0) is 14.5. The van der Waals surface area contributed by atoms with Gasteiger partial charge in [-0.1, -0.05) is 26.7 Å². The summed E-state index contributed by atoms with van der Waals surface area (Å²) in [6.07, 6.45) is 5.31. The summed E-state index contributed by atoms with van der Waals surface area (Å²) in [6, 6.07) is 3.90. The zero-order valence-electron chi connectivity index (χ0n) is 12.3. The van der Waals surface area contributed by atoms with Crippen LogP contribution in [0.5, 0.6) is 0 Å². The van der Waals surface area contributed by atoms with Crippen LogP contribution in [-0.2, 0) is 6.42 Å². The van der Waals surface area contributed by atoms with Crippen LogP contribution < -0.4 is 16.6 Å². The molecule has 110 valence electrons. The number of aromatic nitrogens is 1. The molecule has 1 aromatic rings. The molecule has 1 aliphatic carbocycles. The van der Waals surface area contributed by atoms with Crippen LogP contribution in [0.1, 0.15) is 55.6 Å². The lowest BCUT2D eigenvalue weighted by Gasteiger charge is -2.09. The standard InChI is InChI=1S/C15H24N4O/c1-3-5-10-8-13(10)18-15(20)11-7-12(6-4-2)17-14(9-11)19-16/h7,9-10,13H,3-6,8,16H2,1-2H3,(H,17,19)(H,18,20). The van der Waals surface area contributed by atoms with Crippen LogP contribution >= 0.6 is 0 Å². The number of carbonyl (C=O) groups excluding carboxylic acids is 1. The van der Waals surface area contributed by atoms with E-state index in [1.165, 1.54) is 12.8 Å². The third-order valence-corrected chi connectivity index (χ3v) is 3.69. The predicted molar refractivity (Wildman–Crippen MR) is 80.3 cm³/mol. The molecular weight excluding hydrogens is 252 g/mol. The van der Waals surface area contributed by atoms with Gasteiger partial charge in [-0.3, -0.25) is 4.79 Å². The topological polar surface area (TPSA) is 80.0 Å². The van der Waals surface area contributed by atoms with Crippen molar-refractivity contribution in [3.05, 3.63) is 23.4 Å². The maximum atomic E-state index is 12.3. The fourth-order valence-corrected chi connectivity index (χ4v) is 2.54. The molecule has 0 radical (unpaired) electrons. The highest BCUT2D eigenvalue weighted by Gasteiger charge is 2.37. The van der Waals surface area contributed by atoms with E-state index in [1.807, 2.05) is 6.07 Å². The van der Waals surface area contributed by atoms with Crippen LogP contribution in [0.2, 0.25) is 0 Å². The van der Waals surface area contributed by atoms with Gasteiger partial charge in [0.25, 0.3) is 5.91 Å². The molecule has 20 heavy (non-hydrogen) atoms. The molecule has 0 spiro atoms. The Labute approximate surface area is 120 Å². The molecule has 1 aromatic heterocycles. The first-order valence-electron chi connectivity index (χ1n) is 7.46. The number of aryl methyl sites for hydroxylation is 1. The van der Waals surface area contributed by atoms with Crippen LogP contribution in [-0.4, -0.2) is 16.9 Å². The van der Waals surface area contributed by atoms with E-state index in [2.05, 4.69) is 29.6 Å². The molecule has 1 saturated carbocycles. The van der Waals surface area contributed by atoms with Crippen LogP contribution in [0.15, 0.2) is 12.1 Å². The molecule has 0 bridgehead atoms. The van der Waals surface area contributed by atoms with Gasteiger partial charge in [0.2, 0.25) is 0 Å². The number of amides is 1. The molecule has 0 aliphatic heterocycles. The molecule has 1 aliphatic rings. The molecule has 4 N–H and O–H groups in total. The lowest BCUT2D eigenvalue weighted by Crippen LogP contribution is -2.27. The van der Waals surface area contributed by atoms with Gasteiger partial charge < -0.3 is 10.7 Å². The van der Waals surface area contributed by atoms with Crippen molar-refractivity contribution >= 4 is 11.7 Å². The van der Waals surface area contributed by atoms with Crippen molar-refractivity contribution in [2.24, 2.45) is 11.8 Å². The highest BCUT2D eigenvalue weighted by molar-refractivity contribution is 5.95. The van der Waals surface area contributed by atoms with Gasteiger partial charge in [-0.2, -0.15) is 0 Å². The van der Waals surface area contributed by atoms with E-state index in [4.69, 9.17) is 5.84 Å². The first-order valence-corrected chi connectivity index (χ1v) is 7.46. The van der Waals surface area contributed by atoms with E-state index < -0.39 is 0 Å². The Morgan fingerprint density at radius 2 is 2.20 bits per heavy atom. The number of nitrogens with two attached hydrogens (primary N) is 1. The minimum Gasteiger partial charge on any atom is -0.349 e. The molecule has 5 heteroatoms. The molecule has 0 saturated heterocycles. The van der Waals surface area contributed by atoms with Crippen LogP contribution in [0.4, 0.5) is 5.82 Å². The van der Waals surface area contributed by atoms with Crippen molar-refractivity contribution in [2.75, 3.05) is 5.43 Å². The number of pyridine rings is 1. The van der Waals surface area contributed by atoms with Gasteiger partial charge in [0.05, 0.1) is 0 Å². The smallest absolute Gasteiger partial charge is 0.251 e. The minimum absolute atomic E-state index is 0.0233. The summed E-state index contributed by atoms with van der Waals surface area (Å²) in [4.78, 5) is 16.6. The number of carbonyl (C=O) groups is 1. The van der Waals surface area contributed by atoms with Gasteiger partial charge >= 0.3 is 0 Å². The third kappa shape index (κ3) is 3.70. The highest BCUT2D eigenvalue weighted by atomic mass is 16.1. The third-order valence-electron chi connectivity index (χ3n) is 3.69. The highest BCUT2D eigenvalue weighted by Crippen LogP contribution is 2.34. The number of rotatable bonds is 7. The first-order chi connectivity index (χ1) is 9.67. The summed E-state index contributed by atoms with van der Waals surface area (Å²) in [6.45, 7) is 4.26. The zero-order valence-corrected chi connectivity index (χ0v) is 12.3. The van der Waals surface area contributed by atoms with Gasteiger partial charge in [-0.05, 0) is 37.3 Å². The van der Waals surface area contributed by atoms with E-state index in [1.54, 1.807) is 6.07 Å². The summed E-state index contributed by atoms with van der Waals surface area (Å²) < 4.78 is 0. The van der Waals surface area contributed by atoms with Crippen molar-refractivity contribution < 1.29 is 4.79 Å². The second kappa shape index (κ2) is 6.70. The Morgan fingerprint density at radius 3 is 2.85 bits per heavy atom. The largest absolute Gasteiger partial charge is 0.349 e. The molecule has 1 amide bonds. The molecular formula is C15H24N4O. The Morgan fingerprint density at radius 1 is 1.40 bits per heavy atom. The van der Waals surface area contributed by atoms with Gasteiger partial charge in [0.15, 0.2) is 0 Å². The summed E-state index contributed by atoms with van der Waals surface area (Å²) in [5.41, 5.74) is 4.06. The van der Waals surface area contributed by atoms with Crippen molar-refractivity contribution in [3.63, 3.8) is 0 Å². The Bertz CT molecular complexity index is 475. The average molecular weight is 276 g/mol. The maximum absolute atomic E-state index is 12.3. The van der Waals surface area contributed by atoms with Crippen molar-refractivity contribution in [2.45, 2.75) is 52.0 Å². The van der Waals surface area contributed by atoms with Crippen LogP contribution in [0.25, 0.3) is 0 Å². The molecule has 1 fully saturated rings. The van der Waals surface area contributed by atoms with Gasteiger partial charge in [0.1, 0.15) is 5.82 Å². The molecule has 2 atom stereocenters. The number of hydrogen-bond acceptors (Lipinski definition) is 4. The van der Waals surface area contributed by atoms with E-state index in [9.17, 15) is 4.79 Å². The number of nitrogens with one attached hydrogen (secondary N) is 2. The number of anilines is 1. The Balaban J connectivity index is 2.03. The average Bonchev–Trinajstić information content (AvgIpc) is 3.17. The van der Waals surface area contributed by atoms with E-state index >= 15 is 0 Å². The summed E-state index contributed by atoms with van der Waals surface area (Å²) in [5.74, 6) is 6.60.